The Kier molecular flexibility index (Phi) is 7.22. The van der Waals surface area contributed by atoms with Gasteiger partial charge in [0, 0.05) is 33.8 Å². The van der Waals surface area contributed by atoms with E-state index in [4.69, 9.17) is 19.6 Å². The van der Waals surface area contributed by atoms with Gasteiger partial charge < -0.3 is 9.47 Å². The summed E-state index contributed by atoms with van der Waals surface area (Å²) in [6, 6.07) is 17.8. The summed E-state index contributed by atoms with van der Waals surface area (Å²) in [5.74, 6) is 0. The minimum absolute atomic E-state index is 0.265. The molecule has 0 radical (unpaired) electrons. The van der Waals surface area contributed by atoms with Gasteiger partial charge in [-0.1, -0.05) is 42.5 Å². The van der Waals surface area contributed by atoms with Gasteiger partial charge in [0.05, 0.1) is 19.6 Å². The van der Waals surface area contributed by atoms with E-state index in [1.54, 1.807) is 0 Å². The topological polar surface area (TPSA) is 52.4 Å². The Morgan fingerprint density at radius 1 is 0.897 bits per heavy atom. The van der Waals surface area contributed by atoms with E-state index < -0.39 is 0 Å². The summed E-state index contributed by atoms with van der Waals surface area (Å²) in [5, 5.41) is 6.06. The summed E-state index contributed by atoms with van der Waals surface area (Å²) in [5.41, 5.74) is 9.78. The minimum atomic E-state index is -0.265. The number of aryl methyl sites for hydroxylation is 2. The SMILES string of the molecule is CC1(N2CCCC2)CCc2ccc(-c3cnc4c(c3)c(-c3ccc(C5OCCO5)cc3)nn4PI)cc2CC1. The Hall–Kier alpha value is -1.90. The first kappa shape index (κ1) is 26.0. The fraction of sp³-hybridized carbons (Fsp3) is 0.419. The van der Waals surface area contributed by atoms with Crippen LogP contribution in [0.4, 0.5) is 0 Å². The van der Waals surface area contributed by atoms with Crippen LogP contribution in [0.3, 0.4) is 0 Å². The average molecular weight is 653 g/mol. The van der Waals surface area contributed by atoms with Gasteiger partial charge in [0.1, 0.15) is 5.69 Å². The third-order valence-electron chi connectivity index (χ3n) is 8.96. The molecule has 39 heavy (non-hydrogen) atoms. The maximum Gasteiger partial charge on any atom is 0.184 e. The first-order chi connectivity index (χ1) is 19.1. The van der Waals surface area contributed by atoms with Crippen LogP contribution in [0.25, 0.3) is 33.4 Å². The summed E-state index contributed by atoms with van der Waals surface area (Å²) in [6.45, 7) is 6.32. The Morgan fingerprint density at radius 3 is 2.36 bits per heavy atom. The van der Waals surface area contributed by atoms with Crippen molar-refractivity contribution in [1.82, 2.24) is 19.4 Å². The Labute approximate surface area is 244 Å². The van der Waals surface area contributed by atoms with Crippen LogP contribution in [0.2, 0.25) is 0 Å². The molecule has 0 amide bonds. The number of halogens is 1. The number of fused-ring (bicyclic) bond motifs is 2. The largest absolute Gasteiger partial charge is 0.346 e. The van der Waals surface area contributed by atoms with Crippen molar-refractivity contribution < 1.29 is 9.47 Å². The van der Waals surface area contributed by atoms with Crippen molar-refractivity contribution in [2.75, 3.05) is 26.3 Å². The number of benzene rings is 2. The Balaban J connectivity index is 1.21. The molecule has 0 saturated carbocycles. The molecule has 2 fully saturated rings. The predicted octanol–water partition coefficient (Wildman–Crippen LogP) is 7.34. The number of rotatable bonds is 5. The van der Waals surface area contributed by atoms with Crippen molar-refractivity contribution in [2.24, 2.45) is 0 Å². The number of aromatic nitrogens is 3. The molecule has 4 aromatic rings. The molecule has 202 valence electrons. The molecule has 0 spiro atoms. The highest BCUT2D eigenvalue weighted by atomic mass is 127. The monoisotopic (exact) mass is 652 g/mol. The zero-order valence-electron chi connectivity index (χ0n) is 22.3. The molecular weight excluding hydrogens is 618 g/mol. The molecule has 2 unspecified atom stereocenters. The summed E-state index contributed by atoms with van der Waals surface area (Å²) >= 11 is 2.38. The number of pyridine rings is 1. The van der Waals surface area contributed by atoms with Crippen LogP contribution in [-0.2, 0) is 22.3 Å². The first-order valence-corrected chi connectivity index (χ1v) is 18.1. The lowest BCUT2D eigenvalue weighted by atomic mass is 9.90. The van der Waals surface area contributed by atoms with Gasteiger partial charge in [0.15, 0.2) is 11.9 Å². The summed E-state index contributed by atoms with van der Waals surface area (Å²) < 4.78 is 13.4. The van der Waals surface area contributed by atoms with Gasteiger partial charge >= 0.3 is 0 Å². The molecule has 4 heterocycles. The zero-order valence-corrected chi connectivity index (χ0v) is 25.5. The molecule has 2 atom stereocenters. The van der Waals surface area contributed by atoms with E-state index in [1.807, 2.05) is 10.6 Å². The predicted molar refractivity (Wildman–Crippen MR) is 167 cm³/mol. The third-order valence-corrected chi connectivity index (χ3v) is 10.8. The standard InChI is InChI=1S/C31H34IN4O2P/c1-31(35-14-2-3-15-35)12-10-21-4-9-24(18-25(21)11-13-31)26-19-27-28(34-36(39-32)29(27)33-20-26)22-5-7-23(8-6-22)30-37-16-17-38-30/h4-9,18-20,30,39H,2-3,10-17H2,1H3. The van der Waals surface area contributed by atoms with Crippen molar-refractivity contribution in [1.29, 1.82) is 0 Å². The van der Waals surface area contributed by atoms with Gasteiger partial charge in [-0.25, -0.2) is 9.44 Å². The molecule has 1 aliphatic carbocycles. The van der Waals surface area contributed by atoms with Crippen LogP contribution >= 0.6 is 28.4 Å². The highest BCUT2D eigenvalue weighted by molar-refractivity contribution is 14.2. The van der Waals surface area contributed by atoms with Crippen molar-refractivity contribution in [3.8, 4) is 22.4 Å². The Bertz CT molecular complexity index is 1490. The zero-order chi connectivity index (χ0) is 26.4. The molecule has 2 aromatic carbocycles. The van der Waals surface area contributed by atoms with Gasteiger partial charge in [-0.15, -0.1) is 0 Å². The second-order valence-corrected chi connectivity index (χ2v) is 13.4. The molecule has 8 heteroatoms. The van der Waals surface area contributed by atoms with Crippen LogP contribution in [0.15, 0.2) is 54.7 Å². The van der Waals surface area contributed by atoms with E-state index in [2.05, 4.69) is 82.4 Å². The highest BCUT2D eigenvalue weighted by Crippen LogP contribution is 2.38. The lowest BCUT2D eigenvalue weighted by Crippen LogP contribution is -2.44. The van der Waals surface area contributed by atoms with E-state index in [0.717, 1.165) is 39.8 Å². The van der Waals surface area contributed by atoms with E-state index in [9.17, 15) is 0 Å². The van der Waals surface area contributed by atoms with Crippen molar-refractivity contribution in [3.05, 3.63) is 71.4 Å². The van der Waals surface area contributed by atoms with Crippen molar-refractivity contribution >= 4 is 39.4 Å². The number of nitrogens with zero attached hydrogens (tertiary/aromatic N) is 4. The van der Waals surface area contributed by atoms with E-state index in [-0.39, 0.29) is 6.29 Å². The lowest BCUT2D eigenvalue weighted by Gasteiger charge is -2.38. The smallest absolute Gasteiger partial charge is 0.184 e. The molecule has 6 nitrogen and oxygen atoms in total. The molecule has 7 rings (SSSR count). The molecule has 3 aliphatic rings. The van der Waals surface area contributed by atoms with Crippen LogP contribution in [0, 0.1) is 0 Å². The Morgan fingerprint density at radius 2 is 1.62 bits per heavy atom. The minimum Gasteiger partial charge on any atom is -0.346 e. The second-order valence-electron chi connectivity index (χ2n) is 11.3. The first-order valence-electron chi connectivity index (χ1n) is 14.1. The summed E-state index contributed by atoms with van der Waals surface area (Å²) in [6.07, 6.45) is 9.75. The molecular formula is C31H34IN4O2P. The second kappa shape index (κ2) is 10.8. The average Bonchev–Trinajstić information content (AvgIpc) is 3.75. The quantitative estimate of drug-likeness (QED) is 0.128. The van der Waals surface area contributed by atoms with E-state index in [1.165, 1.54) is 61.9 Å². The molecule has 2 aromatic heterocycles. The fourth-order valence-electron chi connectivity index (χ4n) is 6.57. The van der Waals surface area contributed by atoms with Crippen LogP contribution in [0.1, 0.15) is 55.6 Å². The molecule has 0 bridgehead atoms. The maximum atomic E-state index is 5.67. The molecule has 2 saturated heterocycles. The fourth-order valence-corrected chi connectivity index (χ4v) is 7.97. The normalized spacial score (nSPS) is 22.7. The highest BCUT2D eigenvalue weighted by Gasteiger charge is 2.35. The van der Waals surface area contributed by atoms with E-state index in [0.29, 0.717) is 25.1 Å². The van der Waals surface area contributed by atoms with Crippen molar-refractivity contribution in [2.45, 2.75) is 57.3 Å². The number of hydrogen-bond donors (Lipinski definition) is 0. The molecule has 2 aliphatic heterocycles. The number of hydrogen-bond acceptors (Lipinski definition) is 5. The number of likely N-dealkylation sites (tertiary alicyclic amines) is 1. The van der Waals surface area contributed by atoms with Gasteiger partial charge in [-0.05, 0) is 103 Å². The summed E-state index contributed by atoms with van der Waals surface area (Å²) in [4.78, 5) is 7.67. The maximum absolute atomic E-state index is 5.67. The van der Waals surface area contributed by atoms with E-state index >= 15 is 0 Å². The van der Waals surface area contributed by atoms with Crippen LogP contribution < -0.4 is 0 Å². The summed E-state index contributed by atoms with van der Waals surface area (Å²) in [7, 11) is 0. The van der Waals surface area contributed by atoms with Crippen LogP contribution in [0.5, 0.6) is 0 Å². The van der Waals surface area contributed by atoms with Gasteiger partial charge in [0.2, 0.25) is 0 Å². The van der Waals surface area contributed by atoms with Gasteiger partial charge in [-0.2, -0.15) is 5.10 Å². The lowest BCUT2D eigenvalue weighted by molar-refractivity contribution is -0.0441. The van der Waals surface area contributed by atoms with Gasteiger partial charge in [-0.3, -0.25) is 4.90 Å². The van der Waals surface area contributed by atoms with Gasteiger partial charge in [0.25, 0.3) is 0 Å². The van der Waals surface area contributed by atoms with Crippen molar-refractivity contribution in [3.63, 3.8) is 0 Å². The molecule has 0 N–H and O–H groups in total. The third kappa shape index (κ3) is 4.95. The number of ether oxygens (including phenoxy) is 2. The van der Waals surface area contributed by atoms with Crippen LogP contribution in [-0.4, -0.2) is 51.3 Å².